The quantitative estimate of drug-likeness (QED) is 0.606. The predicted molar refractivity (Wildman–Crippen MR) is 78.4 cm³/mol. The molecule has 3 rings (SSSR count). The van der Waals surface area contributed by atoms with E-state index < -0.39 is 34.5 Å². The molecule has 126 valence electrons. The Labute approximate surface area is 138 Å². The zero-order valence-electron chi connectivity index (χ0n) is 12.0. The van der Waals surface area contributed by atoms with E-state index in [1.54, 1.807) is 0 Å². The van der Waals surface area contributed by atoms with Crippen molar-refractivity contribution in [2.45, 2.75) is 11.9 Å². The van der Waals surface area contributed by atoms with E-state index in [0.29, 0.717) is 5.56 Å². The van der Waals surface area contributed by atoms with Gasteiger partial charge in [-0.05, 0) is 23.8 Å². The van der Waals surface area contributed by atoms with Crippen LogP contribution in [0.2, 0.25) is 0 Å². The molecule has 8 heteroatoms. The Morgan fingerprint density at radius 2 is 1.67 bits per heavy atom. The highest BCUT2D eigenvalue weighted by atomic mass is 32.2. The SMILES string of the molecule is O=C1CSC(c2ccc(F)c(F)c2F)N1Cc1ccc(F)c(F)c1. The largest absolute Gasteiger partial charge is 0.321 e. The lowest BCUT2D eigenvalue weighted by Crippen LogP contribution is -2.28. The highest BCUT2D eigenvalue weighted by Crippen LogP contribution is 2.41. The van der Waals surface area contributed by atoms with Crippen molar-refractivity contribution < 1.29 is 26.7 Å². The average Bonchev–Trinajstić information content (AvgIpc) is 2.90. The van der Waals surface area contributed by atoms with Gasteiger partial charge in [-0.1, -0.05) is 12.1 Å². The molecule has 1 saturated heterocycles. The molecular formula is C16H10F5NOS. The Bertz CT molecular complexity index is 813. The van der Waals surface area contributed by atoms with Crippen LogP contribution in [0.25, 0.3) is 0 Å². The molecule has 0 saturated carbocycles. The number of nitrogens with zero attached hydrogens (tertiary/aromatic N) is 1. The molecule has 1 aliphatic heterocycles. The van der Waals surface area contributed by atoms with Gasteiger partial charge in [0.1, 0.15) is 5.37 Å². The highest BCUT2D eigenvalue weighted by Gasteiger charge is 2.35. The van der Waals surface area contributed by atoms with Gasteiger partial charge >= 0.3 is 0 Å². The van der Waals surface area contributed by atoms with Gasteiger partial charge in [-0.15, -0.1) is 11.8 Å². The Morgan fingerprint density at radius 3 is 2.38 bits per heavy atom. The Balaban J connectivity index is 1.92. The van der Waals surface area contributed by atoms with Crippen LogP contribution in [0.5, 0.6) is 0 Å². The number of carbonyl (C=O) groups excluding carboxylic acids is 1. The normalized spacial score (nSPS) is 17.6. The Morgan fingerprint density at radius 1 is 0.958 bits per heavy atom. The topological polar surface area (TPSA) is 20.3 Å². The van der Waals surface area contributed by atoms with E-state index in [2.05, 4.69) is 0 Å². The van der Waals surface area contributed by atoms with Crippen LogP contribution < -0.4 is 0 Å². The van der Waals surface area contributed by atoms with Gasteiger partial charge in [0, 0.05) is 12.1 Å². The van der Waals surface area contributed by atoms with E-state index in [1.807, 2.05) is 0 Å². The van der Waals surface area contributed by atoms with Gasteiger partial charge < -0.3 is 4.90 Å². The van der Waals surface area contributed by atoms with Crippen LogP contribution in [0, 0.1) is 29.1 Å². The number of halogens is 5. The summed E-state index contributed by atoms with van der Waals surface area (Å²) in [7, 11) is 0. The molecular weight excluding hydrogens is 349 g/mol. The van der Waals surface area contributed by atoms with Crippen LogP contribution in [0.3, 0.4) is 0 Å². The van der Waals surface area contributed by atoms with Gasteiger partial charge in [0.2, 0.25) is 5.91 Å². The number of carbonyl (C=O) groups is 1. The van der Waals surface area contributed by atoms with Gasteiger partial charge in [-0.25, -0.2) is 22.0 Å². The lowest BCUT2D eigenvalue weighted by molar-refractivity contribution is -0.128. The molecule has 0 aliphatic carbocycles. The summed E-state index contributed by atoms with van der Waals surface area (Å²) in [6.07, 6.45) is 0. The summed E-state index contributed by atoms with van der Waals surface area (Å²) in [6, 6.07) is 5.01. The van der Waals surface area contributed by atoms with E-state index in [0.717, 1.165) is 36.0 Å². The van der Waals surface area contributed by atoms with E-state index in [4.69, 9.17) is 0 Å². The standard InChI is InChI=1S/C16H10F5NOS/c17-10-3-1-8(5-12(10)19)6-22-13(23)7-24-16(22)9-2-4-11(18)15(21)14(9)20/h1-5,16H,6-7H2. The van der Waals surface area contributed by atoms with Crippen molar-refractivity contribution in [2.24, 2.45) is 0 Å². The summed E-state index contributed by atoms with van der Waals surface area (Å²) in [5, 5.41) is -0.874. The number of amides is 1. The third-order valence-electron chi connectivity index (χ3n) is 3.64. The molecule has 2 aromatic carbocycles. The number of hydrogen-bond donors (Lipinski definition) is 0. The number of hydrogen-bond acceptors (Lipinski definition) is 2. The lowest BCUT2D eigenvalue weighted by Gasteiger charge is -2.25. The summed E-state index contributed by atoms with van der Waals surface area (Å²) >= 11 is 1.05. The summed E-state index contributed by atoms with van der Waals surface area (Å²) in [5.74, 6) is -6.73. The van der Waals surface area contributed by atoms with Crippen molar-refractivity contribution >= 4 is 17.7 Å². The van der Waals surface area contributed by atoms with Gasteiger partial charge in [0.15, 0.2) is 29.1 Å². The van der Waals surface area contributed by atoms with Gasteiger partial charge in [0.05, 0.1) is 5.75 Å². The van der Waals surface area contributed by atoms with E-state index in [1.165, 1.54) is 11.0 Å². The first-order valence-corrected chi connectivity index (χ1v) is 7.91. The highest BCUT2D eigenvalue weighted by molar-refractivity contribution is 8.00. The number of rotatable bonds is 3. The van der Waals surface area contributed by atoms with Gasteiger partial charge in [0.25, 0.3) is 0 Å². The molecule has 1 aliphatic rings. The maximum Gasteiger partial charge on any atom is 0.234 e. The summed E-state index contributed by atoms with van der Waals surface area (Å²) in [6.45, 7) is -0.105. The van der Waals surface area contributed by atoms with Crippen LogP contribution in [0.4, 0.5) is 22.0 Å². The van der Waals surface area contributed by atoms with Crippen LogP contribution >= 0.6 is 11.8 Å². The molecule has 0 spiro atoms. The van der Waals surface area contributed by atoms with Crippen LogP contribution in [0.15, 0.2) is 30.3 Å². The smallest absolute Gasteiger partial charge is 0.234 e. The summed E-state index contributed by atoms with van der Waals surface area (Å²) < 4.78 is 66.8. The molecule has 0 aromatic heterocycles. The maximum absolute atomic E-state index is 14.0. The van der Waals surface area contributed by atoms with Crippen molar-refractivity contribution in [3.8, 4) is 0 Å². The fraction of sp³-hybridized carbons (Fsp3) is 0.188. The fourth-order valence-electron chi connectivity index (χ4n) is 2.45. The maximum atomic E-state index is 14.0. The molecule has 1 atom stereocenters. The second kappa shape index (κ2) is 6.43. The second-order valence-corrected chi connectivity index (χ2v) is 6.27. The molecule has 1 amide bonds. The summed E-state index contributed by atoms with van der Waals surface area (Å²) in [4.78, 5) is 13.2. The van der Waals surface area contributed by atoms with E-state index in [-0.39, 0.29) is 23.8 Å². The molecule has 0 N–H and O–H groups in total. The van der Waals surface area contributed by atoms with Crippen LogP contribution in [0.1, 0.15) is 16.5 Å². The first kappa shape index (κ1) is 16.8. The summed E-state index contributed by atoms with van der Waals surface area (Å²) in [5.41, 5.74) is 0.130. The third kappa shape index (κ3) is 2.98. The minimum atomic E-state index is -1.61. The van der Waals surface area contributed by atoms with Crippen molar-refractivity contribution in [2.75, 3.05) is 5.75 Å². The minimum Gasteiger partial charge on any atom is -0.321 e. The number of thioether (sulfide) groups is 1. The third-order valence-corrected chi connectivity index (χ3v) is 4.87. The lowest BCUT2D eigenvalue weighted by atomic mass is 10.1. The Hall–Kier alpha value is -2.09. The van der Waals surface area contributed by atoms with Crippen molar-refractivity contribution in [1.29, 1.82) is 0 Å². The minimum absolute atomic E-state index is 0.0206. The van der Waals surface area contributed by atoms with Crippen molar-refractivity contribution in [1.82, 2.24) is 4.90 Å². The zero-order chi connectivity index (χ0) is 17.4. The fourth-order valence-corrected chi connectivity index (χ4v) is 3.65. The Kier molecular flexibility index (Phi) is 4.49. The first-order valence-electron chi connectivity index (χ1n) is 6.87. The van der Waals surface area contributed by atoms with Crippen molar-refractivity contribution in [3.05, 3.63) is 70.5 Å². The first-order chi connectivity index (χ1) is 11.4. The van der Waals surface area contributed by atoms with E-state index >= 15 is 0 Å². The number of benzene rings is 2. The average molecular weight is 359 g/mol. The molecule has 0 radical (unpaired) electrons. The van der Waals surface area contributed by atoms with E-state index in [9.17, 15) is 26.7 Å². The molecule has 1 heterocycles. The predicted octanol–water partition coefficient (Wildman–Crippen LogP) is 4.16. The second-order valence-electron chi connectivity index (χ2n) is 5.20. The molecule has 2 nitrogen and oxygen atoms in total. The zero-order valence-corrected chi connectivity index (χ0v) is 12.8. The molecule has 24 heavy (non-hydrogen) atoms. The van der Waals surface area contributed by atoms with Gasteiger partial charge in [-0.3, -0.25) is 4.79 Å². The monoisotopic (exact) mass is 359 g/mol. The molecule has 1 unspecified atom stereocenters. The molecule has 1 fully saturated rings. The van der Waals surface area contributed by atoms with Crippen molar-refractivity contribution in [3.63, 3.8) is 0 Å². The van der Waals surface area contributed by atoms with Crippen LogP contribution in [-0.4, -0.2) is 16.6 Å². The van der Waals surface area contributed by atoms with Crippen LogP contribution in [-0.2, 0) is 11.3 Å². The van der Waals surface area contributed by atoms with Gasteiger partial charge in [-0.2, -0.15) is 0 Å². The molecule has 2 aromatic rings. The molecule has 0 bridgehead atoms.